The number of urea groups is 1. The van der Waals surface area contributed by atoms with Crippen molar-refractivity contribution in [3.05, 3.63) is 23.3 Å². The number of imide groups is 1. The van der Waals surface area contributed by atoms with E-state index < -0.39 is 6.04 Å². The van der Waals surface area contributed by atoms with E-state index >= 15 is 0 Å². The minimum Gasteiger partial charge on any atom is -0.493 e. The first-order valence-electron chi connectivity index (χ1n) is 8.73. The molecule has 0 bridgehead atoms. The number of aliphatic hydroxyl groups is 1. The first-order valence-corrected chi connectivity index (χ1v) is 8.73. The van der Waals surface area contributed by atoms with E-state index in [1.54, 1.807) is 14.2 Å². The molecule has 2 heterocycles. The number of fused-ring (bicyclic) bond motifs is 2. The summed E-state index contributed by atoms with van der Waals surface area (Å²) in [5.74, 6) is 0.548. The van der Waals surface area contributed by atoms with E-state index in [9.17, 15) is 14.4 Å². The number of benzene rings is 1. The van der Waals surface area contributed by atoms with Gasteiger partial charge < -0.3 is 24.8 Å². The number of nitrogens with one attached hydrogen (secondary N) is 1. The molecule has 0 spiro atoms. The molecule has 2 aliphatic rings. The molecule has 1 saturated heterocycles. The fourth-order valence-corrected chi connectivity index (χ4v) is 3.47. The van der Waals surface area contributed by atoms with Crippen LogP contribution in [-0.4, -0.2) is 72.7 Å². The van der Waals surface area contributed by atoms with Gasteiger partial charge in [-0.05, 0) is 23.3 Å². The average Bonchev–Trinajstić information content (AvgIpc) is 2.91. The second-order valence-corrected chi connectivity index (χ2v) is 6.42. The van der Waals surface area contributed by atoms with E-state index in [0.717, 1.165) is 16.0 Å². The second kappa shape index (κ2) is 7.83. The topological polar surface area (TPSA) is 108 Å². The molecule has 2 N–H and O–H groups in total. The summed E-state index contributed by atoms with van der Waals surface area (Å²) in [6.07, 6.45) is 0.403. The highest BCUT2D eigenvalue weighted by molar-refractivity contribution is 6.04. The monoisotopic (exact) mass is 377 g/mol. The zero-order valence-corrected chi connectivity index (χ0v) is 15.4. The Morgan fingerprint density at radius 1 is 1.22 bits per heavy atom. The number of hydrogen-bond acceptors (Lipinski definition) is 6. The fourth-order valence-electron chi connectivity index (χ4n) is 3.47. The van der Waals surface area contributed by atoms with Gasteiger partial charge in [-0.2, -0.15) is 0 Å². The van der Waals surface area contributed by atoms with E-state index in [2.05, 4.69) is 5.32 Å². The summed E-state index contributed by atoms with van der Waals surface area (Å²) in [6.45, 7) is 0.311. The molecule has 3 rings (SSSR count). The maximum atomic E-state index is 12.7. The summed E-state index contributed by atoms with van der Waals surface area (Å²) < 4.78 is 10.6. The molecule has 0 saturated carbocycles. The number of carbonyl (C=O) groups excluding carboxylic acids is 3. The Bertz CT molecular complexity index is 715. The molecular formula is C18H23N3O6. The lowest BCUT2D eigenvalue weighted by Crippen LogP contribution is -2.40. The van der Waals surface area contributed by atoms with Gasteiger partial charge in [-0.3, -0.25) is 14.5 Å². The van der Waals surface area contributed by atoms with Gasteiger partial charge in [-0.15, -0.1) is 0 Å². The van der Waals surface area contributed by atoms with E-state index in [-0.39, 0.29) is 44.0 Å². The first-order chi connectivity index (χ1) is 13.0. The van der Waals surface area contributed by atoms with Gasteiger partial charge in [0.15, 0.2) is 11.5 Å². The fraction of sp³-hybridized carbons (Fsp3) is 0.500. The molecule has 0 aromatic heterocycles. The molecule has 9 nitrogen and oxygen atoms in total. The Morgan fingerprint density at radius 3 is 2.52 bits per heavy atom. The third kappa shape index (κ3) is 3.55. The molecule has 9 heteroatoms. The molecule has 27 heavy (non-hydrogen) atoms. The molecule has 1 fully saturated rings. The summed E-state index contributed by atoms with van der Waals surface area (Å²) in [4.78, 5) is 39.7. The van der Waals surface area contributed by atoms with Crippen molar-refractivity contribution < 1.29 is 29.0 Å². The summed E-state index contributed by atoms with van der Waals surface area (Å²) in [7, 11) is 3.09. The van der Waals surface area contributed by atoms with Crippen LogP contribution in [-0.2, 0) is 22.6 Å². The molecule has 4 amide bonds. The summed E-state index contributed by atoms with van der Waals surface area (Å²) in [5.41, 5.74) is 1.85. The highest BCUT2D eigenvalue weighted by Gasteiger charge is 2.47. The van der Waals surface area contributed by atoms with Crippen LogP contribution in [0.1, 0.15) is 17.5 Å². The Balaban J connectivity index is 1.74. The molecule has 1 unspecified atom stereocenters. The SMILES string of the molecule is COc1cc2c(cc1OC)CN1C(=O)N(CCC(=O)NCCO)C(=O)C1C2. The number of ether oxygens (including phenoxy) is 2. The van der Waals surface area contributed by atoms with E-state index in [1.165, 1.54) is 4.90 Å². The lowest BCUT2D eigenvalue weighted by atomic mass is 9.94. The van der Waals surface area contributed by atoms with Gasteiger partial charge in [0, 0.05) is 32.5 Å². The van der Waals surface area contributed by atoms with Gasteiger partial charge in [0.1, 0.15) is 6.04 Å². The summed E-state index contributed by atoms with van der Waals surface area (Å²) in [5, 5.41) is 11.2. The molecule has 0 aliphatic carbocycles. The number of nitrogens with zero attached hydrogens (tertiary/aromatic N) is 2. The smallest absolute Gasteiger partial charge is 0.327 e. The number of hydrogen-bond donors (Lipinski definition) is 2. The van der Waals surface area contributed by atoms with Gasteiger partial charge in [0.05, 0.1) is 20.8 Å². The largest absolute Gasteiger partial charge is 0.493 e. The van der Waals surface area contributed by atoms with Gasteiger partial charge in [0.25, 0.3) is 5.91 Å². The average molecular weight is 377 g/mol. The van der Waals surface area contributed by atoms with Gasteiger partial charge >= 0.3 is 6.03 Å². The van der Waals surface area contributed by atoms with Gasteiger partial charge in [-0.1, -0.05) is 0 Å². The third-order valence-corrected chi connectivity index (χ3v) is 4.86. The molecule has 146 valence electrons. The maximum Gasteiger partial charge on any atom is 0.327 e. The predicted molar refractivity (Wildman–Crippen MR) is 94.4 cm³/mol. The lowest BCUT2D eigenvalue weighted by molar-refractivity contribution is -0.129. The van der Waals surface area contributed by atoms with Crippen molar-refractivity contribution in [2.24, 2.45) is 0 Å². The standard InChI is InChI=1S/C18H23N3O6/c1-26-14-8-11-7-13-17(24)20(5-3-16(23)19-4-6-22)18(25)21(13)10-12(11)9-15(14)27-2/h8-9,13,22H,3-7,10H2,1-2H3,(H,19,23). The summed E-state index contributed by atoms with van der Waals surface area (Å²) >= 11 is 0. The second-order valence-electron chi connectivity index (χ2n) is 6.42. The molecule has 2 aliphatic heterocycles. The Kier molecular flexibility index (Phi) is 5.50. The number of amides is 4. The zero-order chi connectivity index (χ0) is 19.6. The van der Waals surface area contributed by atoms with Gasteiger partial charge in [0.2, 0.25) is 5.91 Å². The molecular weight excluding hydrogens is 354 g/mol. The van der Waals surface area contributed by atoms with Crippen molar-refractivity contribution in [1.29, 1.82) is 0 Å². The molecule has 1 aromatic carbocycles. The number of methoxy groups -OCH3 is 2. The van der Waals surface area contributed by atoms with Crippen LogP contribution in [0.15, 0.2) is 12.1 Å². The van der Waals surface area contributed by atoms with Crippen LogP contribution in [0.2, 0.25) is 0 Å². The van der Waals surface area contributed by atoms with Crippen LogP contribution in [0, 0.1) is 0 Å². The van der Waals surface area contributed by atoms with Crippen LogP contribution < -0.4 is 14.8 Å². The van der Waals surface area contributed by atoms with Crippen molar-refractivity contribution in [2.45, 2.75) is 25.4 Å². The molecule has 1 aromatic rings. The van der Waals surface area contributed by atoms with E-state index in [1.807, 2.05) is 12.1 Å². The highest BCUT2D eigenvalue weighted by atomic mass is 16.5. The highest BCUT2D eigenvalue weighted by Crippen LogP contribution is 2.37. The van der Waals surface area contributed by atoms with E-state index in [0.29, 0.717) is 24.5 Å². The number of aliphatic hydroxyl groups excluding tert-OH is 1. The lowest BCUT2D eigenvalue weighted by Gasteiger charge is -2.29. The zero-order valence-electron chi connectivity index (χ0n) is 15.4. The quantitative estimate of drug-likeness (QED) is 0.642. The van der Waals surface area contributed by atoms with Crippen LogP contribution in [0.5, 0.6) is 11.5 Å². The minimum atomic E-state index is -0.566. The Labute approximate surface area is 156 Å². The van der Waals surface area contributed by atoms with Crippen LogP contribution in [0.4, 0.5) is 4.79 Å². The third-order valence-electron chi connectivity index (χ3n) is 4.86. The van der Waals surface area contributed by atoms with Crippen molar-refractivity contribution in [2.75, 3.05) is 33.9 Å². The Hall–Kier alpha value is -2.81. The van der Waals surface area contributed by atoms with Crippen LogP contribution in [0.3, 0.4) is 0 Å². The van der Waals surface area contributed by atoms with E-state index in [4.69, 9.17) is 14.6 Å². The van der Waals surface area contributed by atoms with Crippen molar-refractivity contribution in [1.82, 2.24) is 15.1 Å². The maximum absolute atomic E-state index is 12.7. The number of rotatable bonds is 7. The number of carbonyl (C=O) groups is 3. The van der Waals surface area contributed by atoms with Crippen LogP contribution >= 0.6 is 0 Å². The Morgan fingerprint density at radius 2 is 1.89 bits per heavy atom. The summed E-state index contributed by atoms with van der Waals surface area (Å²) in [6, 6.07) is 2.71. The first kappa shape index (κ1) is 19.0. The van der Waals surface area contributed by atoms with Crippen molar-refractivity contribution in [3.8, 4) is 11.5 Å². The molecule has 1 atom stereocenters. The van der Waals surface area contributed by atoms with Gasteiger partial charge in [-0.25, -0.2) is 4.79 Å². The normalized spacial score (nSPS) is 18.3. The minimum absolute atomic E-state index is 0.00658. The van der Waals surface area contributed by atoms with Crippen LogP contribution in [0.25, 0.3) is 0 Å². The van der Waals surface area contributed by atoms with Crippen molar-refractivity contribution >= 4 is 17.8 Å². The molecule has 0 radical (unpaired) electrons. The predicted octanol–water partition coefficient (Wildman–Crippen LogP) is -0.109. The van der Waals surface area contributed by atoms with Crippen molar-refractivity contribution in [3.63, 3.8) is 0 Å².